The summed E-state index contributed by atoms with van der Waals surface area (Å²) in [6.07, 6.45) is 1.41. The van der Waals surface area contributed by atoms with E-state index in [0.29, 0.717) is 23.4 Å². The minimum Gasteiger partial charge on any atom is -0.465 e. The Hall–Kier alpha value is -5.95. The third-order valence-corrected chi connectivity index (χ3v) is 6.32. The summed E-state index contributed by atoms with van der Waals surface area (Å²) in [5, 5.41) is 0. The number of aromatic nitrogens is 1. The largest absolute Gasteiger partial charge is 0.465 e. The smallest absolute Gasteiger partial charge is 0.387 e. The molecule has 11 nitrogen and oxygen atoms in total. The molecule has 49 heavy (non-hydrogen) atoms. The molecule has 13 heteroatoms. The predicted octanol–water partition coefficient (Wildman–Crippen LogP) is 6.72. The van der Waals surface area contributed by atoms with Crippen LogP contribution in [0.3, 0.4) is 0 Å². The van der Waals surface area contributed by atoms with Gasteiger partial charge in [-0.1, -0.05) is 52.0 Å². The monoisotopic (exact) mass is 677 g/mol. The summed E-state index contributed by atoms with van der Waals surface area (Å²) in [5.41, 5.74) is 0.820. The SMILES string of the molecule is COC(=O)C(=Cc1ccc(F)cc1)C(=O)C(C)C.[C-]#[N+]CC(=O)OCC.[C-]#[N+]c1c(-c2ccc(F)cc2)c(C(=O)OC)c(C(C)C)[nH]c1=O. The molecule has 3 rings (SSSR count). The Balaban J connectivity index is 0.000000410. The summed E-state index contributed by atoms with van der Waals surface area (Å²) in [6, 6.07) is 10.8. The van der Waals surface area contributed by atoms with Crippen LogP contribution in [0.2, 0.25) is 0 Å². The average Bonchev–Trinajstić information content (AvgIpc) is 3.07. The van der Waals surface area contributed by atoms with Gasteiger partial charge < -0.3 is 24.0 Å². The fraction of sp³-hybridized carbons (Fsp3) is 0.306. The highest BCUT2D eigenvalue weighted by Gasteiger charge is 2.26. The fourth-order valence-electron chi connectivity index (χ4n) is 4.01. The number of carbonyl (C=O) groups is 4. The molecule has 258 valence electrons. The van der Waals surface area contributed by atoms with E-state index >= 15 is 0 Å². The van der Waals surface area contributed by atoms with Crippen LogP contribution >= 0.6 is 0 Å². The standard InChI is InChI=1S/C17H15FN2O3.C14H15FO3.C5H7NO2/c1-9(2)14-13(17(22)23-4)12(15(19-3)16(21)20-14)10-5-7-11(18)8-6-10;1-9(2)13(16)12(14(17)18-3)8-10-4-6-11(15)7-5-10;1-3-8-5(7)4-6-2/h5-9H,1-2,4H3,(H,20,21);4-9H,1-3H3;3-4H2,1H3. The summed E-state index contributed by atoms with van der Waals surface area (Å²) in [4.78, 5) is 66.8. The quantitative estimate of drug-likeness (QED) is 0.0659. The maximum absolute atomic E-state index is 13.2. The minimum absolute atomic E-state index is 0.0286. The van der Waals surface area contributed by atoms with Gasteiger partial charge in [-0.3, -0.25) is 9.59 Å². The number of H-pyrrole nitrogens is 1. The van der Waals surface area contributed by atoms with E-state index in [-0.39, 0.29) is 52.4 Å². The predicted molar refractivity (Wildman–Crippen MR) is 178 cm³/mol. The highest BCUT2D eigenvalue weighted by Crippen LogP contribution is 2.35. The van der Waals surface area contributed by atoms with Crippen LogP contribution in [0.15, 0.2) is 58.9 Å². The van der Waals surface area contributed by atoms with E-state index in [2.05, 4.69) is 24.1 Å². The number of carbonyl (C=O) groups excluding carboxylic acids is 4. The molecule has 0 radical (unpaired) electrons. The lowest BCUT2D eigenvalue weighted by atomic mass is 9.93. The van der Waals surface area contributed by atoms with Gasteiger partial charge in [-0.25, -0.2) is 34.6 Å². The number of halogens is 2. The molecule has 1 N–H and O–H groups in total. The van der Waals surface area contributed by atoms with Crippen LogP contribution in [0.25, 0.3) is 26.9 Å². The first kappa shape index (κ1) is 41.1. The normalized spacial score (nSPS) is 10.3. The third-order valence-electron chi connectivity index (χ3n) is 6.32. The van der Waals surface area contributed by atoms with Crippen LogP contribution in [-0.2, 0) is 28.6 Å². The Morgan fingerprint density at radius 1 is 0.898 bits per heavy atom. The van der Waals surface area contributed by atoms with E-state index < -0.39 is 29.3 Å². The second kappa shape index (κ2) is 20.3. The van der Waals surface area contributed by atoms with Crippen molar-refractivity contribution < 1.29 is 42.2 Å². The lowest BCUT2D eigenvalue weighted by Gasteiger charge is -2.17. The molecule has 0 atom stereocenters. The Kier molecular flexibility index (Phi) is 17.0. The fourth-order valence-corrected chi connectivity index (χ4v) is 4.01. The van der Waals surface area contributed by atoms with Gasteiger partial charge in [-0.05, 0) is 54.3 Å². The zero-order valence-electron chi connectivity index (χ0n) is 28.2. The van der Waals surface area contributed by atoms with Gasteiger partial charge in [0, 0.05) is 17.2 Å². The molecule has 0 amide bonds. The van der Waals surface area contributed by atoms with Crippen molar-refractivity contribution >= 4 is 35.5 Å². The third kappa shape index (κ3) is 12.3. The maximum atomic E-state index is 13.2. The first-order valence-electron chi connectivity index (χ1n) is 14.8. The number of aromatic amines is 1. The molecule has 1 heterocycles. The number of esters is 3. The van der Waals surface area contributed by atoms with Gasteiger partial charge in [0.15, 0.2) is 5.78 Å². The number of nitrogens with one attached hydrogen (secondary N) is 1. The van der Waals surface area contributed by atoms with Gasteiger partial charge in [0.2, 0.25) is 0 Å². The zero-order valence-corrected chi connectivity index (χ0v) is 28.2. The molecule has 0 aliphatic rings. The first-order valence-corrected chi connectivity index (χ1v) is 14.8. The Morgan fingerprint density at radius 3 is 1.88 bits per heavy atom. The van der Waals surface area contributed by atoms with Gasteiger partial charge in [0.1, 0.15) is 17.2 Å². The van der Waals surface area contributed by atoms with E-state index in [9.17, 15) is 32.8 Å². The molecule has 0 aliphatic carbocycles. The van der Waals surface area contributed by atoms with Gasteiger partial charge in [-0.15, -0.1) is 0 Å². The number of ether oxygens (including phenoxy) is 3. The van der Waals surface area contributed by atoms with Crippen molar-refractivity contribution in [2.45, 2.75) is 40.5 Å². The summed E-state index contributed by atoms with van der Waals surface area (Å²) in [6.45, 7) is 22.4. The average molecular weight is 678 g/mol. The topological polar surface area (TPSA) is 138 Å². The molecular weight excluding hydrogens is 640 g/mol. The number of nitrogens with zero attached hydrogens (tertiary/aromatic N) is 2. The molecule has 1 aromatic heterocycles. The molecule has 0 saturated carbocycles. The number of benzene rings is 2. The number of hydrogen-bond donors (Lipinski definition) is 1. The molecule has 0 saturated heterocycles. The maximum Gasteiger partial charge on any atom is 0.387 e. The number of Topliss-reactive ketones (excluding diaryl/α,β-unsaturated/α-hetero) is 1. The first-order chi connectivity index (χ1) is 23.2. The van der Waals surface area contributed by atoms with Crippen LogP contribution < -0.4 is 5.56 Å². The number of pyridine rings is 1. The van der Waals surface area contributed by atoms with E-state index in [1.807, 2.05) is 13.8 Å². The molecule has 0 spiro atoms. The molecule has 3 aromatic rings. The number of ketones is 1. The summed E-state index contributed by atoms with van der Waals surface area (Å²) >= 11 is 0. The molecule has 0 fully saturated rings. The number of hydrogen-bond acceptors (Lipinski definition) is 8. The van der Waals surface area contributed by atoms with E-state index in [4.69, 9.17) is 17.9 Å². The van der Waals surface area contributed by atoms with Gasteiger partial charge in [0.25, 0.3) is 11.2 Å². The Morgan fingerprint density at radius 2 is 1.45 bits per heavy atom. The van der Waals surface area contributed by atoms with E-state index in [1.165, 1.54) is 68.8 Å². The van der Waals surface area contributed by atoms with Crippen LogP contribution in [0.4, 0.5) is 14.5 Å². The second-order valence-electron chi connectivity index (χ2n) is 10.5. The summed E-state index contributed by atoms with van der Waals surface area (Å²) < 4.78 is 39.8. The summed E-state index contributed by atoms with van der Waals surface area (Å²) in [5.74, 6) is -3.39. The van der Waals surface area contributed by atoms with Gasteiger partial charge >= 0.3 is 24.5 Å². The number of rotatable bonds is 9. The lowest BCUT2D eigenvalue weighted by Crippen LogP contribution is -2.18. The summed E-state index contributed by atoms with van der Waals surface area (Å²) in [7, 11) is 2.44. The van der Waals surface area contributed by atoms with Crippen LogP contribution in [0, 0.1) is 30.7 Å². The van der Waals surface area contributed by atoms with E-state index in [1.54, 1.807) is 20.8 Å². The minimum atomic E-state index is -0.682. The zero-order chi connectivity index (χ0) is 37.3. The Bertz CT molecular complexity index is 1800. The van der Waals surface area contributed by atoms with Crippen molar-refractivity contribution in [1.82, 2.24) is 4.98 Å². The lowest BCUT2D eigenvalue weighted by molar-refractivity contribution is -0.141. The van der Waals surface area contributed by atoms with Crippen molar-refractivity contribution in [2.75, 3.05) is 27.4 Å². The highest BCUT2D eigenvalue weighted by molar-refractivity contribution is 6.21. The molecule has 0 bridgehead atoms. The number of methoxy groups -OCH3 is 2. The highest BCUT2D eigenvalue weighted by atomic mass is 19.1. The second-order valence-corrected chi connectivity index (χ2v) is 10.5. The van der Waals surface area contributed by atoms with Crippen LogP contribution in [-0.4, -0.2) is 56.0 Å². The molecular formula is C36H37F2N3O8. The molecule has 0 aliphatic heterocycles. The van der Waals surface area contributed by atoms with E-state index in [0.717, 1.165) is 0 Å². The van der Waals surface area contributed by atoms with Crippen molar-refractivity contribution in [1.29, 1.82) is 0 Å². The van der Waals surface area contributed by atoms with Crippen molar-refractivity contribution in [3.8, 4) is 11.1 Å². The van der Waals surface area contributed by atoms with Crippen LogP contribution in [0.5, 0.6) is 0 Å². The van der Waals surface area contributed by atoms with Crippen molar-refractivity contribution in [2.24, 2.45) is 5.92 Å². The van der Waals surface area contributed by atoms with Crippen LogP contribution in [0.1, 0.15) is 62.2 Å². The molecule has 2 aromatic carbocycles. The molecule has 0 unspecified atom stereocenters. The van der Waals surface area contributed by atoms with Crippen molar-refractivity contribution in [3.05, 3.63) is 116 Å². The van der Waals surface area contributed by atoms with Gasteiger partial charge in [-0.2, -0.15) is 0 Å². The van der Waals surface area contributed by atoms with Gasteiger partial charge in [0.05, 0.1) is 33.0 Å². The Labute approximate surface area is 283 Å². The van der Waals surface area contributed by atoms with Crippen molar-refractivity contribution in [3.63, 3.8) is 0 Å².